The SMILES string of the molecule is CCCCCCCCO[C@@H]1O[C@H](C(=O)NCCCC[C@H](NC(=O)[C@H](Cc2ccccc2)NC(=O)[C@@H]2CCCN2C(=O)[C@@H](N)Cc2c(C)cc(O)cc2C)C(=O)NC(C)(C)C(=O)O)[C@@H](O)[C@H](O)[C@H]1O. The minimum atomic E-state index is -1.75. The van der Waals surface area contributed by atoms with Gasteiger partial charge in [-0.2, -0.15) is 0 Å². The Balaban J connectivity index is 1.41. The van der Waals surface area contributed by atoms with Crippen LogP contribution >= 0.6 is 0 Å². The fourth-order valence-corrected chi connectivity index (χ4v) is 8.50. The quantitative estimate of drug-likeness (QED) is 0.0599. The summed E-state index contributed by atoms with van der Waals surface area (Å²) < 4.78 is 11.2. The highest BCUT2D eigenvalue weighted by Crippen LogP contribution is 2.25. The monoisotopic (exact) mass is 955 g/mol. The summed E-state index contributed by atoms with van der Waals surface area (Å²) in [4.78, 5) is 82.4. The summed E-state index contributed by atoms with van der Waals surface area (Å²) in [6.45, 7) is 8.82. The Morgan fingerprint density at radius 3 is 2.16 bits per heavy atom. The lowest BCUT2D eigenvalue weighted by Gasteiger charge is -2.39. The van der Waals surface area contributed by atoms with E-state index in [1.807, 2.05) is 13.8 Å². The van der Waals surface area contributed by atoms with Crippen LogP contribution in [0.1, 0.15) is 114 Å². The maximum absolute atomic E-state index is 14.2. The predicted molar refractivity (Wildman–Crippen MR) is 251 cm³/mol. The molecule has 0 unspecified atom stereocenters. The number of phenols is 1. The summed E-state index contributed by atoms with van der Waals surface area (Å²) in [5.41, 5.74) is 7.76. The van der Waals surface area contributed by atoms with Gasteiger partial charge in [-0.15, -0.1) is 0 Å². The standard InChI is InChI=1S/C49H74N6O13/c1-6-7-8-9-10-16-24-67-47-40(59)38(57)39(58)41(68-47)45(63)51-22-15-14-20-35(43(61)54-49(4,5)48(65)66)52-42(60)36(27-31-18-12-11-13-19-31)53-44(62)37-21-17-23-55(37)46(64)34(50)28-33-29(2)25-32(56)26-30(33)3/h11-13,18-19,25-26,34-41,47,56-59H,6-10,14-17,20-24,27-28,50H2,1-5H3,(H,51,63)(H,52,60)(H,53,62)(H,54,61)(H,65,66)/t34-,35-,36-,37-,38-,39-,40+,41-,47+/m0/s1. The fourth-order valence-electron chi connectivity index (χ4n) is 8.50. The van der Waals surface area contributed by atoms with Crippen molar-refractivity contribution in [2.75, 3.05) is 19.7 Å². The number of hydrogen-bond acceptors (Lipinski definition) is 13. The molecule has 9 atom stereocenters. The van der Waals surface area contributed by atoms with Gasteiger partial charge in [0.25, 0.3) is 5.91 Å². The zero-order valence-corrected chi connectivity index (χ0v) is 40.1. The van der Waals surface area contributed by atoms with Gasteiger partial charge < -0.3 is 66.9 Å². The zero-order valence-electron chi connectivity index (χ0n) is 40.1. The van der Waals surface area contributed by atoms with Crippen LogP contribution in [0.25, 0.3) is 0 Å². The third-order valence-corrected chi connectivity index (χ3v) is 12.6. The first kappa shape index (κ1) is 55.4. The van der Waals surface area contributed by atoms with Crippen molar-refractivity contribution in [3.63, 3.8) is 0 Å². The van der Waals surface area contributed by atoms with Crippen molar-refractivity contribution >= 4 is 35.5 Å². The molecule has 2 heterocycles. The lowest BCUT2D eigenvalue weighted by atomic mass is 9.95. The van der Waals surface area contributed by atoms with Crippen LogP contribution in [0.4, 0.5) is 0 Å². The van der Waals surface area contributed by atoms with Crippen molar-refractivity contribution in [2.45, 2.75) is 179 Å². The molecule has 0 saturated carbocycles. The van der Waals surface area contributed by atoms with E-state index in [4.69, 9.17) is 15.2 Å². The lowest BCUT2D eigenvalue weighted by molar-refractivity contribution is -0.290. The van der Waals surface area contributed by atoms with E-state index in [0.29, 0.717) is 24.8 Å². The Kier molecular flexibility index (Phi) is 21.6. The summed E-state index contributed by atoms with van der Waals surface area (Å²) >= 11 is 0. The molecule has 0 aromatic heterocycles. The third kappa shape index (κ3) is 15.9. The van der Waals surface area contributed by atoms with Gasteiger partial charge in [-0.1, -0.05) is 69.4 Å². The van der Waals surface area contributed by atoms with E-state index in [1.165, 1.54) is 18.7 Å². The van der Waals surface area contributed by atoms with Crippen LogP contribution in [0, 0.1) is 13.8 Å². The third-order valence-electron chi connectivity index (χ3n) is 12.6. The lowest BCUT2D eigenvalue weighted by Crippen LogP contribution is -2.62. The summed E-state index contributed by atoms with van der Waals surface area (Å²) in [6, 6.07) is 7.57. The van der Waals surface area contributed by atoms with Crippen molar-refractivity contribution < 1.29 is 63.8 Å². The maximum Gasteiger partial charge on any atom is 0.328 e. The maximum atomic E-state index is 14.2. The number of aliphatic hydroxyl groups is 3. The number of carboxylic acid groups (broad SMARTS) is 1. The molecule has 19 nitrogen and oxygen atoms in total. The number of carbonyl (C=O) groups is 6. The first-order valence-electron chi connectivity index (χ1n) is 23.9. The Morgan fingerprint density at radius 2 is 1.50 bits per heavy atom. The van der Waals surface area contributed by atoms with Crippen molar-refractivity contribution in [3.05, 3.63) is 64.7 Å². The number of ether oxygens (including phenoxy) is 2. The first-order valence-corrected chi connectivity index (χ1v) is 23.9. The second-order valence-electron chi connectivity index (χ2n) is 18.6. The van der Waals surface area contributed by atoms with Crippen LogP contribution in [0.2, 0.25) is 0 Å². The fraction of sp³-hybridized carbons (Fsp3) is 0.633. The van der Waals surface area contributed by atoms with Crippen molar-refractivity contribution in [1.29, 1.82) is 0 Å². The molecule has 2 saturated heterocycles. The number of carbonyl (C=O) groups excluding carboxylic acids is 5. The molecule has 4 rings (SSSR count). The van der Waals surface area contributed by atoms with E-state index in [-0.39, 0.29) is 57.6 Å². The summed E-state index contributed by atoms with van der Waals surface area (Å²) in [5, 5.41) is 61.9. The van der Waals surface area contributed by atoms with E-state index in [0.717, 1.165) is 48.8 Å². The second kappa shape index (κ2) is 26.5. The number of phenolic OH excluding ortho intramolecular Hbond substituents is 1. The van der Waals surface area contributed by atoms with Gasteiger partial charge in [0.15, 0.2) is 12.4 Å². The average Bonchev–Trinajstić information content (AvgIpc) is 3.79. The van der Waals surface area contributed by atoms with Gasteiger partial charge in [-0.25, -0.2) is 4.79 Å². The molecular formula is C49H74N6O13. The molecule has 0 spiro atoms. The number of rotatable bonds is 26. The molecule has 378 valence electrons. The van der Waals surface area contributed by atoms with Crippen LogP contribution in [-0.4, -0.2) is 146 Å². The number of nitrogens with zero attached hydrogens (tertiary/aromatic N) is 1. The molecule has 2 aliphatic rings. The van der Waals surface area contributed by atoms with Gasteiger partial charge in [0.05, 0.1) is 6.04 Å². The van der Waals surface area contributed by atoms with Crippen LogP contribution in [0.3, 0.4) is 0 Å². The largest absolute Gasteiger partial charge is 0.508 e. The zero-order chi connectivity index (χ0) is 50.1. The highest BCUT2D eigenvalue weighted by atomic mass is 16.7. The number of aromatic hydroxyl groups is 1. The highest BCUT2D eigenvalue weighted by Gasteiger charge is 2.47. The summed E-state index contributed by atoms with van der Waals surface area (Å²) in [5.74, 6) is -4.58. The van der Waals surface area contributed by atoms with Gasteiger partial charge in [0.1, 0.15) is 47.7 Å². The van der Waals surface area contributed by atoms with E-state index in [1.54, 1.807) is 42.5 Å². The molecular weight excluding hydrogens is 881 g/mol. The van der Waals surface area contributed by atoms with Gasteiger partial charge in [0.2, 0.25) is 23.6 Å². The van der Waals surface area contributed by atoms with Crippen LogP contribution < -0.4 is 27.0 Å². The molecule has 2 aromatic carbocycles. The summed E-state index contributed by atoms with van der Waals surface area (Å²) in [6.07, 6.45) is -0.562. The number of amides is 5. The molecule has 11 N–H and O–H groups in total. The van der Waals surface area contributed by atoms with Crippen LogP contribution in [0.5, 0.6) is 5.75 Å². The Hall–Kier alpha value is -5.18. The van der Waals surface area contributed by atoms with Crippen LogP contribution in [-0.2, 0) is 51.1 Å². The van der Waals surface area contributed by atoms with Crippen LogP contribution in [0.15, 0.2) is 42.5 Å². The van der Waals surface area contributed by atoms with Gasteiger partial charge >= 0.3 is 5.97 Å². The number of carboxylic acids is 1. The smallest absolute Gasteiger partial charge is 0.328 e. The Morgan fingerprint density at radius 1 is 0.838 bits per heavy atom. The molecule has 5 amide bonds. The van der Waals surface area contributed by atoms with Gasteiger partial charge in [0, 0.05) is 26.1 Å². The minimum absolute atomic E-state index is 0.00471. The number of aliphatic hydroxyl groups excluding tert-OH is 3. The van der Waals surface area contributed by atoms with E-state index in [9.17, 15) is 54.3 Å². The number of aryl methyl sites for hydroxylation is 2. The van der Waals surface area contributed by atoms with E-state index < -0.39 is 95.9 Å². The number of benzene rings is 2. The number of nitrogens with one attached hydrogen (secondary N) is 4. The van der Waals surface area contributed by atoms with E-state index in [2.05, 4.69) is 28.2 Å². The topological polar surface area (TPSA) is 299 Å². The molecule has 0 bridgehead atoms. The molecule has 68 heavy (non-hydrogen) atoms. The van der Waals surface area contributed by atoms with E-state index >= 15 is 0 Å². The molecule has 0 aliphatic carbocycles. The Labute approximate surface area is 398 Å². The second-order valence-corrected chi connectivity index (χ2v) is 18.6. The molecule has 19 heteroatoms. The van der Waals surface area contributed by atoms with Crippen molar-refractivity contribution in [3.8, 4) is 5.75 Å². The first-order chi connectivity index (χ1) is 32.2. The minimum Gasteiger partial charge on any atom is -0.508 e. The van der Waals surface area contributed by atoms with Gasteiger partial charge in [-0.3, -0.25) is 24.0 Å². The highest BCUT2D eigenvalue weighted by molar-refractivity contribution is 5.96. The molecule has 2 fully saturated rings. The average molecular weight is 955 g/mol. The van der Waals surface area contributed by atoms with Crippen molar-refractivity contribution in [1.82, 2.24) is 26.2 Å². The number of hydrogen-bond donors (Lipinski definition) is 10. The summed E-state index contributed by atoms with van der Waals surface area (Å²) in [7, 11) is 0. The van der Waals surface area contributed by atoms with Gasteiger partial charge in [-0.05, 0) is 107 Å². The molecule has 2 aliphatic heterocycles. The number of nitrogens with two attached hydrogens (primary N) is 1. The Bertz CT molecular complexity index is 1980. The number of aliphatic carboxylic acids is 1. The molecule has 0 radical (unpaired) electrons. The predicted octanol–water partition coefficient (Wildman–Crippen LogP) is 1.53. The number of likely N-dealkylation sites (tertiary alicyclic amines) is 1. The normalized spacial score (nSPS) is 21.9. The van der Waals surface area contributed by atoms with Crippen molar-refractivity contribution in [2.24, 2.45) is 5.73 Å². The number of unbranched alkanes of at least 4 members (excludes halogenated alkanes) is 6. The molecule has 2 aromatic rings.